The summed E-state index contributed by atoms with van der Waals surface area (Å²) in [6, 6.07) is 55.2. The van der Waals surface area contributed by atoms with E-state index in [1.54, 1.807) is 17.5 Å². The number of para-hydroxylation sites is 2. The topological polar surface area (TPSA) is 69.6 Å². The van der Waals surface area contributed by atoms with Crippen LogP contribution in [0.15, 0.2) is 168 Å². The highest BCUT2D eigenvalue weighted by molar-refractivity contribution is 7.25. The Morgan fingerprint density at radius 3 is 2.00 bits per heavy atom. The molecule has 12 rings (SSSR count). The normalized spacial score (nSPS) is 12.0. The van der Waals surface area contributed by atoms with E-state index in [-0.39, 0.29) is 0 Å². The molecule has 0 saturated carbocycles. The van der Waals surface area contributed by atoms with Gasteiger partial charge in [-0.2, -0.15) is 9.97 Å². The van der Waals surface area contributed by atoms with E-state index in [1.807, 2.05) is 24.3 Å². The van der Waals surface area contributed by atoms with Gasteiger partial charge >= 0.3 is 0 Å². The Balaban J connectivity index is 1.23. The third-order valence-corrected chi connectivity index (χ3v) is 11.9. The molecular weight excluding hydrogens is 695 g/mol. The van der Waals surface area contributed by atoms with Crippen molar-refractivity contribution in [3.05, 3.63) is 164 Å². The Hall–Kier alpha value is -7.22. The van der Waals surface area contributed by atoms with Gasteiger partial charge in [0.25, 0.3) is 0 Å². The number of rotatable bonds is 4. The average Bonchev–Trinajstić information content (AvgIpc) is 3.93. The molecule has 0 aliphatic rings. The SMILES string of the molecule is c1ccc(-c2cc3c4ccccc4n(-c4nc(-c5ccnc6oc7ccccc7c56)nc(-c5cccc6sc7ccccc7c56)n4)c3c3ccccc23)cc1. The third kappa shape index (κ3) is 4.48. The van der Waals surface area contributed by atoms with Crippen LogP contribution < -0.4 is 0 Å². The zero-order valence-electron chi connectivity index (χ0n) is 29.1. The second-order valence-corrected chi connectivity index (χ2v) is 14.9. The number of aromatic nitrogens is 5. The minimum absolute atomic E-state index is 0.540. The molecule has 0 fully saturated rings. The van der Waals surface area contributed by atoms with Gasteiger partial charge in [-0.25, -0.2) is 9.97 Å². The molecule has 7 aromatic carbocycles. The fourth-order valence-corrected chi connectivity index (χ4v) is 9.52. The average molecular weight is 722 g/mol. The predicted molar refractivity (Wildman–Crippen MR) is 226 cm³/mol. The lowest BCUT2D eigenvalue weighted by Gasteiger charge is -2.14. The summed E-state index contributed by atoms with van der Waals surface area (Å²) in [4.78, 5) is 20.8. The summed E-state index contributed by atoms with van der Waals surface area (Å²) < 4.78 is 10.9. The molecule has 7 heteroatoms. The van der Waals surface area contributed by atoms with Gasteiger partial charge in [0, 0.05) is 59.0 Å². The first-order chi connectivity index (χ1) is 27.3. The molecule has 0 atom stereocenters. The van der Waals surface area contributed by atoms with Crippen LogP contribution in [-0.2, 0) is 0 Å². The first-order valence-corrected chi connectivity index (χ1v) is 19.0. The molecule has 0 aliphatic heterocycles. The molecule has 0 unspecified atom stereocenters. The zero-order valence-corrected chi connectivity index (χ0v) is 30.0. The van der Waals surface area contributed by atoms with E-state index in [0.717, 1.165) is 65.4 Å². The van der Waals surface area contributed by atoms with Crippen molar-refractivity contribution in [3.8, 4) is 39.9 Å². The molecule has 0 aliphatic carbocycles. The highest BCUT2D eigenvalue weighted by Gasteiger charge is 2.24. The summed E-state index contributed by atoms with van der Waals surface area (Å²) in [5, 5.41) is 8.71. The van der Waals surface area contributed by atoms with Crippen LogP contribution in [0, 0.1) is 0 Å². The van der Waals surface area contributed by atoms with Gasteiger partial charge < -0.3 is 4.42 Å². The molecule has 0 amide bonds. The molecule has 55 heavy (non-hydrogen) atoms. The van der Waals surface area contributed by atoms with Crippen molar-refractivity contribution in [1.29, 1.82) is 0 Å². The van der Waals surface area contributed by atoms with Crippen molar-refractivity contribution < 1.29 is 4.42 Å². The number of nitrogens with zero attached hydrogens (tertiary/aromatic N) is 5. The Labute approximate surface area is 317 Å². The van der Waals surface area contributed by atoms with Crippen LogP contribution in [0.2, 0.25) is 0 Å². The molecular formula is C48H27N5OS. The summed E-state index contributed by atoms with van der Waals surface area (Å²) in [6.45, 7) is 0. The molecule has 0 spiro atoms. The number of thiophene rings is 1. The van der Waals surface area contributed by atoms with Crippen molar-refractivity contribution in [2.24, 2.45) is 0 Å². The van der Waals surface area contributed by atoms with Crippen LogP contribution >= 0.6 is 11.3 Å². The molecule has 0 N–H and O–H groups in total. The second kappa shape index (κ2) is 11.6. The second-order valence-electron chi connectivity index (χ2n) is 13.8. The number of fused-ring (bicyclic) bond motifs is 11. The Kier molecular flexibility index (Phi) is 6.40. The molecule has 0 bridgehead atoms. The first kappa shape index (κ1) is 30.3. The van der Waals surface area contributed by atoms with Crippen LogP contribution in [-0.4, -0.2) is 24.5 Å². The van der Waals surface area contributed by atoms with E-state index in [9.17, 15) is 0 Å². The summed E-state index contributed by atoms with van der Waals surface area (Å²) in [6.07, 6.45) is 1.77. The standard InChI is InChI=1S/C48H27N5OS/c1-2-13-28(14-3-1)36-27-37-30-16-6-9-21-38(30)53(44(37)31-17-5-4-15-29(31)36)48-51-45(34-20-12-24-41-42(34)33-19-8-11-23-40(33)55-41)50-46(52-48)35-25-26-49-47-43(35)32-18-7-10-22-39(32)54-47/h1-27H. The smallest absolute Gasteiger partial charge is 0.238 e. The van der Waals surface area contributed by atoms with Crippen LogP contribution in [0.1, 0.15) is 0 Å². The maximum Gasteiger partial charge on any atom is 0.238 e. The minimum atomic E-state index is 0.540. The summed E-state index contributed by atoms with van der Waals surface area (Å²) in [5.41, 5.74) is 7.53. The fourth-order valence-electron chi connectivity index (χ4n) is 8.39. The lowest BCUT2D eigenvalue weighted by Crippen LogP contribution is -2.07. The monoisotopic (exact) mass is 721 g/mol. The quantitative estimate of drug-likeness (QED) is 0.181. The number of furan rings is 1. The number of pyridine rings is 1. The summed E-state index contributed by atoms with van der Waals surface area (Å²) in [7, 11) is 0. The fraction of sp³-hybridized carbons (Fsp3) is 0. The van der Waals surface area contributed by atoms with Crippen molar-refractivity contribution >= 4 is 86.2 Å². The largest absolute Gasteiger partial charge is 0.438 e. The molecule has 12 aromatic rings. The highest BCUT2D eigenvalue weighted by Crippen LogP contribution is 2.43. The predicted octanol–water partition coefficient (Wildman–Crippen LogP) is 12.8. The maximum atomic E-state index is 6.25. The maximum absolute atomic E-state index is 6.25. The van der Waals surface area contributed by atoms with E-state index < -0.39 is 0 Å². The first-order valence-electron chi connectivity index (χ1n) is 18.2. The van der Waals surface area contributed by atoms with Gasteiger partial charge in [0.1, 0.15) is 5.58 Å². The van der Waals surface area contributed by atoms with Gasteiger partial charge in [-0.3, -0.25) is 4.57 Å². The number of hydrogen-bond acceptors (Lipinski definition) is 6. The van der Waals surface area contributed by atoms with E-state index in [2.05, 4.69) is 143 Å². The van der Waals surface area contributed by atoms with E-state index in [1.165, 1.54) is 25.9 Å². The Morgan fingerprint density at radius 1 is 0.473 bits per heavy atom. The van der Waals surface area contributed by atoms with Gasteiger partial charge in [0.15, 0.2) is 11.6 Å². The summed E-state index contributed by atoms with van der Waals surface area (Å²) >= 11 is 1.79. The lowest BCUT2D eigenvalue weighted by molar-refractivity contribution is 0.654. The highest BCUT2D eigenvalue weighted by atomic mass is 32.1. The zero-order chi connectivity index (χ0) is 36.0. The number of hydrogen-bond donors (Lipinski definition) is 0. The van der Waals surface area contributed by atoms with Gasteiger partial charge in [-0.15, -0.1) is 11.3 Å². The van der Waals surface area contributed by atoms with Crippen molar-refractivity contribution in [3.63, 3.8) is 0 Å². The van der Waals surface area contributed by atoms with Crippen molar-refractivity contribution in [1.82, 2.24) is 24.5 Å². The Bertz CT molecular complexity index is 3380. The minimum Gasteiger partial charge on any atom is -0.438 e. The van der Waals surface area contributed by atoms with Crippen LogP contribution in [0.3, 0.4) is 0 Å². The van der Waals surface area contributed by atoms with Gasteiger partial charge in [-0.1, -0.05) is 121 Å². The molecule has 0 radical (unpaired) electrons. The number of benzene rings is 7. The van der Waals surface area contributed by atoms with Crippen LogP contribution in [0.5, 0.6) is 0 Å². The molecule has 0 saturated heterocycles. The van der Waals surface area contributed by atoms with Crippen molar-refractivity contribution in [2.45, 2.75) is 0 Å². The van der Waals surface area contributed by atoms with E-state index in [0.29, 0.717) is 23.3 Å². The van der Waals surface area contributed by atoms with E-state index >= 15 is 0 Å². The van der Waals surface area contributed by atoms with Gasteiger partial charge in [0.2, 0.25) is 11.7 Å². The third-order valence-electron chi connectivity index (χ3n) is 10.7. The van der Waals surface area contributed by atoms with Crippen LogP contribution in [0.25, 0.3) is 115 Å². The lowest BCUT2D eigenvalue weighted by atomic mass is 9.95. The molecule has 6 nitrogen and oxygen atoms in total. The molecule has 5 aromatic heterocycles. The van der Waals surface area contributed by atoms with E-state index in [4.69, 9.17) is 19.4 Å². The van der Waals surface area contributed by atoms with Gasteiger partial charge in [-0.05, 0) is 52.9 Å². The summed E-state index contributed by atoms with van der Waals surface area (Å²) in [5.74, 6) is 1.69. The molecule has 5 heterocycles. The van der Waals surface area contributed by atoms with Crippen molar-refractivity contribution in [2.75, 3.05) is 0 Å². The van der Waals surface area contributed by atoms with Gasteiger partial charge in [0.05, 0.1) is 16.4 Å². The van der Waals surface area contributed by atoms with Crippen LogP contribution in [0.4, 0.5) is 0 Å². The molecule has 256 valence electrons. The Morgan fingerprint density at radius 2 is 1.15 bits per heavy atom.